The van der Waals surface area contributed by atoms with Gasteiger partial charge in [0.2, 0.25) is 11.9 Å². The number of aromatic nitrogens is 2. The van der Waals surface area contributed by atoms with E-state index in [4.69, 9.17) is 4.74 Å². The van der Waals surface area contributed by atoms with Crippen LogP contribution < -0.4 is 15.0 Å². The summed E-state index contributed by atoms with van der Waals surface area (Å²) < 4.78 is 5.47. The van der Waals surface area contributed by atoms with E-state index in [-0.39, 0.29) is 23.8 Å². The molecule has 0 bridgehead atoms. The lowest BCUT2D eigenvalue weighted by atomic mass is 9.99. The fraction of sp³-hybridized carbons (Fsp3) is 0.500. The summed E-state index contributed by atoms with van der Waals surface area (Å²) in [5.41, 5.74) is 2.14. The van der Waals surface area contributed by atoms with E-state index < -0.39 is 0 Å². The third kappa shape index (κ3) is 5.75. The van der Waals surface area contributed by atoms with Crippen LogP contribution in [0.4, 0.5) is 5.95 Å². The Kier molecular flexibility index (Phi) is 7.66. The zero-order valence-electron chi connectivity index (χ0n) is 19.6. The predicted octanol–water partition coefficient (Wildman–Crippen LogP) is 2.64. The molecule has 8 nitrogen and oxygen atoms in total. The van der Waals surface area contributed by atoms with Gasteiger partial charge in [0.25, 0.3) is 5.91 Å². The van der Waals surface area contributed by atoms with Crippen molar-refractivity contribution in [1.82, 2.24) is 20.2 Å². The van der Waals surface area contributed by atoms with Gasteiger partial charge in [-0.05, 0) is 44.9 Å². The summed E-state index contributed by atoms with van der Waals surface area (Å²) in [7, 11) is 3.74. The quantitative estimate of drug-likeness (QED) is 0.680. The Morgan fingerprint density at radius 2 is 1.97 bits per heavy atom. The van der Waals surface area contributed by atoms with E-state index in [1.165, 1.54) is 0 Å². The summed E-state index contributed by atoms with van der Waals surface area (Å²) in [6, 6.07) is 7.65. The van der Waals surface area contributed by atoms with Gasteiger partial charge in [0.05, 0.1) is 24.3 Å². The first-order valence-electron chi connectivity index (χ1n) is 11.1. The Bertz CT molecular complexity index is 943. The molecule has 2 aromatic rings. The number of hydrogen-bond donors (Lipinski definition) is 1. The molecule has 0 radical (unpaired) electrons. The predicted molar refractivity (Wildman–Crippen MR) is 124 cm³/mol. The number of likely N-dealkylation sites (tertiary alicyclic amines) is 1. The molecular formula is C24H33N5O3. The van der Waals surface area contributed by atoms with Gasteiger partial charge in [-0.25, -0.2) is 9.97 Å². The van der Waals surface area contributed by atoms with Gasteiger partial charge in [-0.3, -0.25) is 9.59 Å². The summed E-state index contributed by atoms with van der Waals surface area (Å²) in [6.07, 6.45) is 2.70. The highest BCUT2D eigenvalue weighted by molar-refractivity contribution is 5.95. The molecule has 32 heavy (non-hydrogen) atoms. The number of nitrogens with one attached hydrogen (secondary N) is 1. The maximum atomic E-state index is 12.9. The van der Waals surface area contributed by atoms with E-state index in [2.05, 4.69) is 15.3 Å². The molecule has 0 aliphatic carbocycles. The molecule has 1 aliphatic rings. The monoisotopic (exact) mass is 439 g/mol. The summed E-state index contributed by atoms with van der Waals surface area (Å²) in [5, 5.41) is 2.93. The number of hydrogen-bond acceptors (Lipinski definition) is 6. The Labute approximate surface area is 190 Å². The van der Waals surface area contributed by atoms with E-state index in [0.29, 0.717) is 43.3 Å². The number of carbonyl (C=O) groups excluding carboxylic acids is 2. The van der Waals surface area contributed by atoms with Crippen LogP contribution in [0, 0.1) is 0 Å². The molecule has 3 rings (SSSR count). The number of amides is 2. The lowest BCUT2D eigenvalue weighted by Gasteiger charge is -2.20. The lowest BCUT2D eigenvalue weighted by molar-refractivity contribution is -0.129. The molecule has 2 amide bonds. The molecule has 0 saturated carbocycles. The van der Waals surface area contributed by atoms with Crippen LogP contribution in [-0.4, -0.2) is 66.5 Å². The molecule has 172 valence electrons. The zero-order chi connectivity index (χ0) is 23.3. The number of nitrogens with zero attached hydrogens (tertiary/aromatic N) is 4. The average molecular weight is 440 g/mol. The van der Waals surface area contributed by atoms with Gasteiger partial charge >= 0.3 is 0 Å². The molecule has 1 N–H and O–H groups in total. The first-order chi connectivity index (χ1) is 15.3. The highest BCUT2D eigenvalue weighted by Gasteiger charge is 2.31. The van der Waals surface area contributed by atoms with E-state index in [0.717, 1.165) is 17.7 Å². The number of benzene rings is 1. The topological polar surface area (TPSA) is 87.7 Å². The number of carbonyl (C=O) groups is 2. The van der Waals surface area contributed by atoms with Crippen LogP contribution in [0.25, 0.3) is 0 Å². The second-order valence-electron chi connectivity index (χ2n) is 8.57. The van der Waals surface area contributed by atoms with E-state index in [1.54, 1.807) is 6.20 Å². The van der Waals surface area contributed by atoms with Crippen molar-refractivity contribution in [1.29, 1.82) is 0 Å². The molecule has 0 spiro atoms. The number of ether oxygens (including phenoxy) is 1. The SMILES string of the molecule is CCOc1ccc(CC(=O)N2CCC(c3nc(N(C)C)ncc3C(=O)NC(C)C)C2)cc1. The number of anilines is 1. The van der Waals surface area contributed by atoms with Crippen molar-refractivity contribution in [2.24, 2.45) is 0 Å². The molecule has 1 aliphatic heterocycles. The van der Waals surface area contributed by atoms with Gasteiger partial charge in [-0.15, -0.1) is 0 Å². The van der Waals surface area contributed by atoms with Crippen LogP contribution in [-0.2, 0) is 11.2 Å². The Balaban J connectivity index is 1.73. The molecule has 1 atom stereocenters. The van der Waals surface area contributed by atoms with Crippen molar-refractivity contribution in [3.05, 3.63) is 47.3 Å². The lowest BCUT2D eigenvalue weighted by Crippen LogP contribution is -2.33. The molecule has 1 fully saturated rings. The maximum Gasteiger partial charge on any atom is 0.254 e. The summed E-state index contributed by atoms with van der Waals surface area (Å²) in [5.74, 6) is 1.25. The first kappa shape index (κ1) is 23.5. The molecule has 1 saturated heterocycles. The van der Waals surface area contributed by atoms with Gasteiger partial charge in [0.1, 0.15) is 5.75 Å². The van der Waals surface area contributed by atoms with Crippen molar-refractivity contribution < 1.29 is 14.3 Å². The fourth-order valence-electron chi connectivity index (χ4n) is 3.79. The highest BCUT2D eigenvalue weighted by atomic mass is 16.5. The van der Waals surface area contributed by atoms with Crippen LogP contribution in [0.15, 0.2) is 30.5 Å². The third-order valence-electron chi connectivity index (χ3n) is 5.39. The molecule has 1 unspecified atom stereocenters. The minimum absolute atomic E-state index is 0.00566. The van der Waals surface area contributed by atoms with Crippen molar-refractivity contribution in [2.75, 3.05) is 38.7 Å². The molecule has 1 aromatic carbocycles. The van der Waals surface area contributed by atoms with E-state index in [1.807, 2.05) is 68.9 Å². The second kappa shape index (κ2) is 10.4. The Morgan fingerprint density at radius 3 is 2.59 bits per heavy atom. The maximum absolute atomic E-state index is 12.9. The molecule has 1 aromatic heterocycles. The van der Waals surface area contributed by atoms with Crippen LogP contribution in [0.2, 0.25) is 0 Å². The smallest absolute Gasteiger partial charge is 0.254 e. The molecular weight excluding hydrogens is 406 g/mol. The number of rotatable bonds is 8. The van der Waals surface area contributed by atoms with Crippen molar-refractivity contribution in [3.63, 3.8) is 0 Å². The Hall–Kier alpha value is -3.16. The van der Waals surface area contributed by atoms with E-state index in [9.17, 15) is 9.59 Å². The average Bonchev–Trinajstić information content (AvgIpc) is 3.24. The van der Waals surface area contributed by atoms with Gasteiger partial charge in [-0.1, -0.05) is 12.1 Å². The van der Waals surface area contributed by atoms with Crippen LogP contribution in [0.5, 0.6) is 5.75 Å². The minimum atomic E-state index is -0.181. The van der Waals surface area contributed by atoms with Gasteiger partial charge in [-0.2, -0.15) is 0 Å². The van der Waals surface area contributed by atoms with E-state index >= 15 is 0 Å². The summed E-state index contributed by atoms with van der Waals surface area (Å²) in [4.78, 5) is 38.4. The van der Waals surface area contributed by atoms with Crippen molar-refractivity contribution >= 4 is 17.8 Å². The highest BCUT2D eigenvalue weighted by Crippen LogP contribution is 2.29. The molecule has 2 heterocycles. The van der Waals surface area contributed by atoms with Gasteiger partial charge in [0.15, 0.2) is 0 Å². The van der Waals surface area contributed by atoms with Crippen molar-refractivity contribution in [3.8, 4) is 5.75 Å². The second-order valence-corrected chi connectivity index (χ2v) is 8.57. The van der Waals surface area contributed by atoms with Crippen LogP contribution in [0.1, 0.15) is 54.7 Å². The normalized spacial score (nSPS) is 15.7. The summed E-state index contributed by atoms with van der Waals surface area (Å²) in [6.45, 7) is 7.59. The third-order valence-corrected chi connectivity index (χ3v) is 5.39. The standard InChI is InChI=1S/C24H33N5O3/c1-6-32-19-9-7-17(8-10-19)13-21(30)29-12-11-18(15-29)22-20(23(31)26-16(2)3)14-25-24(27-22)28(4)5/h7-10,14,16,18H,6,11-13,15H2,1-5H3,(H,26,31). The Morgan fingerprint density at radius 1 is 1.25 bits per heavy atom. The zero-order valence-corrected chi connectivity index (χ0v) is 19.6. The largest absolute Gasteiger partial charge is 0.494 e. The first-order valence-corrected chi connectivity index (χ1v) is 11.1. The van der Waals surface area contributed by atoms with Crippen molar-refractivity contribution in [2.45, 2.75) is 45.6 Å². The van der Waals surface area contributed by atoms with Crippen LogP contribution >= 0.6 is 0 Å². The summed E-state index contributed by atoms with van der Waals surface area (Å²) >= 11 is 0. The minimum Gasteiger partial charge on any atom is -0.494 e. The molecule has 8 heteroatoms. The fourth-order valence-corrected chi connectivity index (χ4v) is 3.79. The van der Waals surface area contributed by atoms with Crippen LogP contribution in [0.3, 0.4) is 0 Å². The van der Waals surface area contributed by atoms with Gasteiger partial charge < -0.3 is 19.9 Å². The van der Waals surface area contributed by atoms with Gasteiger partial charge in [0, 0.05) is 45.3 Å².